The van der Waals surface area contributed by atoms with Gasteiger partial charge in [0.2, 0.25) is 5.91 Å². The van der Waals surface area contributed by atoms with Crippen molar-refractivity contribution >= 4 is 17.3 Å². The Morgan fingerprint density at radius 2 is 1.71 bits per heavy atom. The Kier molecular flexibility index (Phi) is 6.76. The van der Waals surface area contributed by atoms with E-state index in [1.807, 2.05) is 23.7 Å². The lowest BCUT2D eigenvalue weighted by Gasteiger charge is -2.22. The normalized spacial score (nSPS) is 15.0. The first-order valence-electron chi connectivity index (χ1n) is 10.6. The van der Waals surface area contributed by atoms with Crippen LogP contribution in [0.1, 0.15) is 56.5 Å². The van der Waals surface area contributed by atoms with Crippen LogP contribution in [0.25, 0.3) is 0 Å². The quantitative estimate of drug-likeness (QED) is 0.787. The molecule has 0 bridgehead atoms. The van der Waals surface area contributed by atoms with Gasteiger partial charge < -0.3 is 10.2 Å². The van der Waals surface area contributed by atoms with Crippen LogP contribution in [0.2, 0.25) is 0 Å². The van der Waals surface area contributed by atoms with Gasteiger partial charge in [-0.2, -0.15) is 5.10 Å². The smallest absolute Gasteiger partial charge is 0.228 e. The lowest BCUT2D eigenvalue weighted by molar-refractivity contribution is -0.115. The first kappa shape index (κ1) is 20.4. The molecule has 5 heteroatoms. The van der Waals surface area contributed by atoms with Crippen molar-refractivity contribution in [2.45, 2.75) is 66.3 Å². The van der Waals surface area contributed by atoms with E-state index in [9.17, 15) is 4.79 Å². The molecule has 1 aliphatic rings. The molecule has 1 amide bonds. The molecule has 0 spiro atoms. The summed E-state index contributed by atoms with van der Waals surface area (Å²) in [5.41, 5.74) is 5.19. The van der Waals surface area contributed by atoms with Crippen LogP contribution >= 0.6 is 0 Å². The molecule has 1 fully saturated rings. The molecule has 0 radical (unpaired) electrons. The molecule has 2 aromatic rings. The molecule has 0 unspecified atom stereocenters. The maximum atomic E-state index is 12.6. The average Bonchev–Trinajstić information content (AvgIpc) is 2.86. The number of nitrogens with one attached hydrogen (secondary N) is 1. The highest BCUT2D eigenvalue weighted by molar-refractivity contribution is 5.92. The molecule has 5 nitrogen and oxygen atoms in total. The molecule has 152 valence electrons. The molecule has 28 heavy (non-hydrogen) atoms. The summed E-state index contributed by atoms with van der Waals surface area (Å²) in [5.74, 6) is 0.542. The molecule has 1 aliphatic heterocycles. The Bertz CT molecular complexity index is 784. The van der Waals surface area contributed by atoms with E-state index in [0.717, 1.165) is 42.3 Å². The van der Waals surface area contributed by atoms with Gasteiger partial charge in [0.1, 0.15) is 0 Å². The topological polar surface area (TPSA) is 50.2 Å². The van der Waals surface area contributed by atoms with E-state index >= 15 is 0 Å². The van der Waals surface area contributed by atoms with Gasteiger partial charge in [0, 0.05) is 42.3 Å². The molecule has 0 aliphatic carbocycles. The highest BCUT2D eigenvalue weighted by Crippen LogP contribution is 2.22. The Morgan fingerprint density at radius 1 is 1.07 bits per heavy atom. The number of hydrogen-bond acceptors (Lipinski definition) is 3. The third kappa shape index (κ3) is 5.15. The van der Waals surface area contributed by atoms with Crippen LogP contribution in [0.5, 0.6) is 0 Å². The largest absolute Gasteiger partial charge is 0.372 e. The van der Waals surface area contributed by atoms with Crippen LogP contribution in [-0.2, 0) is 17.8 Å². The van der Waals surface area contributed by atoms with Gasteiger partial charge in [0.25, 0.3) is 0 Å². The highest BCUT2D eigenvalue weighted by Gasteiger charge is 2.16. The maximum Gasteiger partial charge on any atom is 0.228 e. The zero-order chi connectivity index (χ0) is 20.1. The molecule has 1 aromatic carbocycles. The number of amides is 1. The SMILES string of the molecule is Cc1nn(CC(C)C)c(C)c1CC(=O)Nc1ccc(N2CCCCCC2)cc1. The Labute approximate surface area is 169 Å². The fourth-order valence-corrected chi connectivity index (χ4v) is 3.96. The Balaban J connectivity index is 1.61. The number of carbonyl (C=O) groups is 1. The first-order chi connectivity index (χ1) is 13.4. The van der Waals surface area contributed by atoms with Crippen LogP contribution in [0.3, 0.4) is 0 Å². The first-order valence-corrected chi connectivity index (χ1v) is 10.6. The zero-order valence-corrected chi connectivity index (χ0v) is 17.8. The highest BCUT2D eigenvalue weighted by atomic mass is 16.1. The van der Waals surface area contributed by atoms with Crippen molar-refractivity contribution < 1.29 is 4.79 Å². The summed E-state index contributed by atoms with van der Waals surface area (Å²) in [6.45, 7) is 11.5. The van der Waals surface area contributed by atoms with Gasteiger partial charge in [-0.3, -0.25) is 9.48 Å². The second kappa shape index (κ2) is 9.26. The van der Waals surface area contributed by atoms with E-state index in [0.29, 0.717) is 12.3 Å². The number of nitrogens with zero attached hydrogens (tertiary/aromatic N) is 3. The van der Waals surface area contributed by atoms with Gasteiger partial charge in [-0.25, -0.2) is 0 Å². The third-order valence-electron chi connectivity index (χ3n) is 5.53. The number of carbonyl (C=O) groups excluding carboxylic acids is 1. The summed E-state index contributed by atoms with van der Waals surface area (Å²) in [5, 5.41) is 7.66. The minimum absolute atomic E-state index is 0.0119. The summed E-state index contributed by atoms with van der Waals surface area (Å²) in [6.07, 6.45) is 5.56. The van der Waals surface area contributed by atoms with E-state index in [1.165, 1.54) is 31.4 Å². The third-order valence-corrected chi connectivity index (χ3v) is 5.53. The van der Waals surface area contributed by atoms with Gasteiger partial charge in [-0.15, -0.1) is 0 Å². The Hall–Kier alpha value is -2.30. The molecule has 0 atom stereocenters. The van der Waals surface area contributed by atoms with Crippen molar-refractivity contribution in [1.29, 1.82) is 0 Å². The molecular weight excluding hydrogens is 348 g/mol. The van der Waals surface area contributed by atoms with Crippen LogP contribution in [0, 0.1) is 19.8 Å². The summed E-state index contributed by atoms with van der Waals surface area (Å²) >= 11 is 0. The van der Waals surface area contributed by atoms with E-state index in [-0.39, 0.29) is 5.91 Å². The van der Waals surface area contributed by atoms with E-state index in [2.05, 4.69) is 48.2 Å². The lowest BCUT2D eigenvalue weighted by Crippen LogP contribution is -2.23. The van der Waals surface area contributed by atoms with Gasteiger partial charge in [0.05, 0.1) is 12.1 Å². The standard InChI is InChI=1S/C23H34N4O/c1-17(2)16-27-19(4)22(18(3)25-27)15-23(28)24-20-9-11-21(12-10-20)26-13-7-5-6-8-14-26/h9-12,17H,5-8,13-16H2,1-4H3,(H,24,28). The minimum Gasteiger partial charge on any atom is -0.372 e. The van der Waals surface area contributed by atoms with Crippen molar-refractivity contribution in [1.82, 2.24) is 9.78 Å². The lowest BCUT2D eigenvalue weighted by atomic mass is 10.1. The molecular formula is C23H34N4O. The monoisotopic (exact) mass is 382 g/mol. The van der Waals surface area contributed by atoms with Crippen LogP contribution < -0.4 is 10.2 Å². The molecule has 3 rings (SSSR count). The summed E-state index contributed by atoms with van der Waals surface area (Å²) in [4.78, 5) is 15.0. The minimum atomic E-state index is 0.0119. The molecule has 1 saturated heterocycles. The predicted octanol–water partition coefficient (Wildman–Crippen LogP) is 4.72. The van der Waals surface area contributed by atoms with Crippen LogP contribution in [0.4, 0.5) is 11.4 Å². The molecule has 1 aromatic heterocycles. The molecule has 2 heterocycles. The van der Waals surface area contributed by atoms with Gasteiger partial charge in [-0.1, -0.05) is 26.7 Å². The van der Waals surface area contributed by atoms with Gasteiger partial charge in [0.15, 0.2) is 0 Å². The summed E-state index contributed by atoms with van der Waals surface area (Å²) < 4.78 is 2.03. The van der Waals surface area contributed by atoms with Crippen molar-refractivity contribution in [3.63, 3.8) is 0 Å². The fraction of sp³-hybridized carbons (Fsp3) is 0.565. The second-order valence-corrected chi connectivity index (χ2v) is 8.40. The van der Waals surface area contributed by atoms with E-state index < -0.39 is 0 Å². The van der Waals surface area contributed by atoms with E-state index in [1.54, 1.807) is 0 Å². The number of aromatic nitrogens is 2. The van der Waals surface area contributed by atoms with Gasteiger partial charge >= 0.3 is 0 Å². The predicted molar refractivity (Wildman–Crippen MR) is 116 cm³/mol. The van der Waals surface area contributed by atoms with Crippen molar-refractivity contribution in [2.75, 3.05) is 23.3 Å². The number of anilines is 2. The fourth-order valence-electron chi connectivity index (χ4n) is 3.96. The second-order valence-electron chi connectivity index (χ2n) is 8.40. The van der Waals surface area contributed by atoms with E-state index in [4.69, 9.17) is 0 Å². The van der Waals surface area contributed by atoms with Crippen molar-refractivity contribution in [3.8, 4) is 0 Å². The number of aryl methyl sites for hydroxylation is 1. The zero-order valence-electron chi connectivity index (χ0n) is 17.8. The molecule has 1 N–H and O–H groups in total. The average molecular weight is 383 g/mol. The van der Waals surface area contributed by atoms with Crippen LogP contribution in [0.15, 0.2) is 24.3 Å². The number of hydrogen-bond donors (Lipinski definition) is 1. The maximum absolute atomic E-state index is 12.6. The summed E-state index contributed by atoms with van der Waals surface area (Å²) in [6, 6.07) is 8.27. The number of benzene rings is 1. The number of rotatable bonds is 6. The van der Waals surface area contributed by atoms with Crippen molar-refractivity contribution in [3.05, 3.63) is 41.2 Å². The van der Waals surface area contributed by atoms with Gasteiger partial charge in [-0.05, 0) is 56.9 Å². The van der Waals surface area contributed by atoms with Crippen LogP contribution in [-0.4, -0.2) is 28.8 Å². The summed E-state index contributed by atoms with van der Waals surface area (Å²) in [7, 11) is 0. The van der Waals surface area contributed by atoms with Crippen molar-refractivity contribution in [2.24, 2.45) is 5.92 Å². The Morgan fingerprint density at radius 3 is 2.32 bits per heavy atom. The molecule has 0 saturated carbocycles.